The lowest BCUT2D eigenvalue weighted by atomic mass is 10.1. The van der Waals surface area contributed by atoms with Gasteiger partial charge in [0.25, 0.3) is 0 Å². The van der Waals surface area contributed by atoms with E-state index in [0.29, 0.717) is 10.0 Å². The predicted octanol–water partition coefficient (Wildman–Crippen LogP) is 3.43. The maximum absolute atomic E-state index is 8.92. The van der Waals surface area contributed by atoms with Gasteiger partial charge in [0, 0.05) is 6.54 Å². The average molecular weight is 269 g/mol. The Hall–Kier alpha value is -0.750. The third kappa shape index (κ3) is 3.35. The monoisotopic (exact) mass is 268 g/mol. The predicted molar refractivity (Wildman–Crippen MR) is 70.3 cm³/mol. The van der Waals surface area contributed by atoms with Crippen LogP contribution in [-0.2, 0) is 6.42 Å². The van der Waals surface area contributed by atoms with E-state index < -0.39 is 0 Å². The van der Waals surface area contributed by atoms with Crippen LogP contribution in [0.2, 0.25) is 10.0 Å². The summed E-state index contributed by atoms with van der Waals surface area (Å²) < 4.78 is 0. The highest BCUT2D eigenvalue weighted by Crippen LogP contribution is 2.43. The van der Waals surface area contributed by atoms with Gasteiger partial charge in [-0.15, -0.1) is 0 Å². The molecule has 1 aromatic rings. The van der Waals surface area contributed by atoms with Crippen LogP contribution in [0.25, 0.3) is 0 Å². The molecule has 0 aromatic heterocycles. The van der Waals surface area contributed by atoms with Gasteiger partial charge in [-0.2, -0.15) is 5.26 Å². The Morgan fingerprint density at radius 1 is 1.29 bits per heavy atom. The average Bonchev–Trinajstić information content (AvgIpc) is 3.10. The van der Waals surface area contributed by atoms with Gasteiger partial charge in [0.05, 0.1) is 21.5 Å². The lowest BCUT2D eigenvalue weighted by Crippen LogP contribution is -2.25. The fourth-order valence-corrected chi connectivity index (χ4v) is 2.06. The summed E-state index contributed by atoms with van der Waals surface area (Å²) in [7, 11) is 0. The van der Waals surface area contributed by atoms with Crippen molar-refractivity contribution >= 4 is 23.2 Å². The lowest BCUT2D eigenvalue weighted by molar-refractivity contribution is 0.560. The van der Waals surface area contributed by atoms with Gasteiger partial charge in [0.2, 0.25) is 0 Å². The Labute approximate surface area is 112 Å². The number of benzene rings is 1. The third-order valence-electron chi connectivity index (χ3n) is 3.13. The van der Waals surface area contributed by atoms with Crippen LogP contribution < -0.4 is 5.32 Å². The van der Waals surface area contributed by atoms with Crippen molar-refractivity contribution in [2.24, 2.45) is 5.41 Å². The molecule has 0 spiro atoms. The summed E-state index contributed by atoms with van der Waals surface area (Å²) >= 11 is 11.8. The Kier molecular flexibility index (Phi) is 3.93. The summed E-state index contributed by atoms with van der Waals surface area (Å²) in [6, 6.07) is 8.05. The molecule has 17 heavy (non-hydrogen) atoms. The van der Waals surface area contributed by atoms with E-state index in [4.69, 9.17) is 28.5 Å². The SMILES string of the molecule is N#CC1(CNCCc2ccc(Cl)c(Cl)c2)CC1. The first-order valence-corrected chi connectivity index (χ1v) is 6.47. The molecule has 0 amide bonds. The van der Waals surface area contributed by atoms with E-state index in [1.54, 1.807) is 0 Å². The molecular formula is C13H14Cl2N2. The van der Waals surface area contributed by atoms with Gasteiger partial charge in [-0.05, 0) is 43.5 Å². The van der Waals surface area contributed by atoms with Gasteiger partial charge in [0.1, 0.15) is 0 Å². The van der Waals surface area contributed by atoms with E-state index in [2.05, 4.69) is 11.4 Å². The van der Waals surface area contributed by atoms with Gasteiger partial charge >= 0.3 is 0 Å². The summed E-state index contributed by atoms with van der Waals surface area (Å²) in [6.45, 7) is 1.66. The topological polar surface area (TPSA) is 35.8 Å². The number of hydrogen-bond acceptors (Lipinski definition) is 2. The van der Waals surface area contributed by atoms with Crippen LogP contribution in [0, 0.1) is 16.7 Å². The van der Waals surface area contributed by atoms with Gasteiger partial charge < -0.3 is 5.32 Å². The van der Waals surface area contributed by atoms with Crippen LogP contribution >= 0.6 is 23.2 Å². The van der Waals surface area contributed by atoms with Crippen molar-refractivity contribution in [3.05, 3.63) is 33.8 Å². The van der Waals surface area contributed by atoms with Crippen molar-refractivity contribution in [2.75, 3.05) is 13.1 Å². The molecule has 1 saturated carbocycles. The molecule has 1 aliphatic carbocycles. The van der Waals surface area contributed by atoms with Crippen molar-refractivity contribution in [1.82, 2.24) is 5.32 Å². The molecule has 0 unspecified atom stereocenters. The molecule has 0 saturated heterocycles. The van der Waals surface area contributed by atoms with Crippen molar-refractivity contribution in [2.45, 2.75) is 19.3 Å². The molecule has 2 rings (SSSR count). The van der Waals surface area contributed by atoms with Gasteiger partial charge in [-0.1, -0.05) is 29.3 Å². The molecule has 90 valence electrons. The second kappa shape index (κ2) is 5.27. The van der Waals surface area contributed by atoms with Crippen LogP contribution in [0.15, 0.2) is 18.2 Å². The van der Waals surface area contributed by atoms with Gasteiger partial charge in [-0.25, -0.2) is 0 Å². The maximum Gasteiger partial charge on any atom is 0.0703 e. The summed E-state index contributed by atoms with van der Waals surface area (Å²) in [6.07, 6.45) is 2.96. The highest BCUT2D eigenvalue weighted by molar-refractivity contribution is 6.42. The van der Waals surface area contributed by atoms with Crippen molar-refractivity contribution in [3.8, 4) is 6.07 Å². The fourth-order valence-electron chi connectivity index (χ4n) is 1.73. The maximum atomic E-state index is 8.92. The molecule has 2 nitrogen and oxygen atoms in total. The Morgan fingerprint density at radius 2 is 2.06 bits per heavy atom. The van der Waals surface area contributed by atoms with Crippen LogP contribution in [0.1, 0.15) is 18.4 Å². The zero-order valence-corrected chi connectivity index (χ0v) is 11.0. The van der Waals surface area contributed by atoms with Gasteiger partial charge in [0.15, 0.2) is 0 Å². The van der Waals surface area contributed by atoms with E-state index in [9.17, 15) is 0 Å². The standard InChI is InChI=1S/C13H14Cl2N2/c14-11-2-1-10(7-12(11)15)3-6-17-9-13(8-16)4-5-13/h1-2,7,17H,3-6,9H2. The minimum atomic E-state index is -0.0718. The minimum absolute atomic E-state index is 0.0718. The van der Waals surface area contributed by atoms with E-state index in [1.807, 2.05) is 18.2 Å². The smallest absolute Gasteiger partial charge is 0.0703 e. The number of hydrogen-bond donors (Lipinski definition) is 1. The highest BCUT2D eigenvalue weighted by Gasteiger charge is 2.42. The lowest BCUT2D eigenvalue weighted by Gasteiger charge is -2.08. The second-order valence-corrected chi connectivity index (χ2v) is 5.38. The summed E-state index contributed by atoms with van der Waals surface area (Å²) in [5, 5.41) is 13.4. The van der Waals surface area contributed by atoms with Crippen molar-refractivity contribution in [3.63, 3.8) is 0 Å². The second-order valence-electron chi connectivity index (χ2n) is 4.57. The van der Waals surface area contributed by atoms with E-state index in [-0.39, 0.29) is 5.41 Å². The summed E-state index contributed by atoms with van der Waals surface area (Å²) in [4.78, 5) is 0. The molecule has 1 fully saturated rings. The number of nitrogens with zero attached hydrogens (tertiary/aromatic N) is 1. The number of rotatable bonds is 5. The van der Waals surface area contributed by atoms with Crippen molar-refractivity contribution < 1.29 is 0 Å². The molecule has 1 aliphatic rings. The minimum Gasteiger partial charge on any atom is -0.315 e. The molecular weight excluding hydrogens is 255 g/mol. The highest BCUT2D eigenvalue weighted by atomic mass is 35.5. The van der Waals surface area contributed by atoms with E-state index >= 15 is 0 Å². The number of nitrogens with one attached hydrogen (secondary N) is 1. The Bertz CT molecular complexity index is 447. The van der Waals surface area contributed by atoms with Crippen LogP contribution in [-0.4, -0.2) is 13.1 Å². The molecule has 0 radical (unpaired) electrons. The van der Waals surface area contributed by atoms with Crippen LogP contribution in [0.4, 0.5) is 0 Å². The zero-order valence-electron chi connectivity index (χ0n) is 9.47. The zero-order chi connectivity index (χ0) is 12.3. The van der Waals surface area contributed by atoms with Crippen LogP contribution in [0.5, 0.6) is 0 Å². The van der Waals surface area contributed by atoms with E-state index in [1.165, 1.54) is 0 Å². The molecule has 0 aliphatic heterocycles. The molecule has 0 heterocycles. The molecule has 0 atom stereocenters. The van der Waals surface area contributed by atoms with E-state index in [0.717, 1.165) is 37.9 Å². The first-order valence-electron chi connectivity index (χ1n) is 5.71. The Balaban J connectivity index is 1.75. The summed E-state index contributed by atoms with van der Waals surface area (Å²) in [5.74, 6) is 0. The quantitative estimate of drug-likeness (QED) is 0.831. The normalized spacial score (nSPS) is 16.5. The first-order chi connectivity index (χ1) is 8.15. The summed E-state index contributed by atoms with van der Waals surface area (Å²) in [5.41, 5.74) is 1.09. The Morgan fingerprint density at radius 3 is 2.65 bits per heavy atom. The molecule has 1 aromatic carbocycles. The third-order valence-corrected chi connectivity index (χ3v) is 3.87. The largest absolute Gasteiger partial charge is 0.315 e. The molecule has 1 N–H and O–H groups in total. The number of halogens is 2. The fraction of sp³-hybridized carbons (Fsp3) is 0.462. The van der Waals surface area contributed by atoms with Crippen LogP contribution in [0.3, 0.4) is 0 Å². The molecule has 4 heteroatoms. The molecule has 0 bridgehead atoms. The van der Waals surface area contributed by atoms with Gasteiger partial charge in [-0.3, -0.25) is 0 Å². The number of nitriles is 1. The first kappa shape index (κ1) is 12.7. The van der Waals surface area contributed by atoms with Crippen molar-refractivity contribution in [1.29, 1.82) is 5.26 Å².